The molecule has 1 aliphatic heterocycles. The van der Waals surface area contributed by atoms with Crippen LogP contribution in [0.3, 0.4) is 0 Å². The largest absolute Gasteiger partial charge is 0.480 e. The number of Topliss-reactive ketones (excluding diaryl/α,β-unsaturated/α-hetero) is 1. The van der Waals surface area contributed by atoms with Gasteiger partial charge < -0.3 is 4.74 Å². The van der Waals surface area contributed by atoms with Crippen LogP contribution in [0, 0.1) is 5.82 Å². The van der Waals surface area contributed by atoms with Crippen molar-refractivity contribution in [3.05, 3.63) is 112 Å². The number of carbonyl (C=O) groups excluding carboxylic acids is 2. The lowest BCUT2D eigenvalue weighted by Crippen LogP contribution is -2.24. The van der Waals surface area contributed by atoms with Gasteiger partial charge in [0.2, 0.25) is 5.91 Å². The summed E-state index contributed by atoms with van der Waals surface area (Å²) < 4.78 is 20.6. The summed E-state index contributed by atoms with van der Waals surface area (Å²) in [6.45, 7) is 1.35. The number of rotatable bonds is 4. The minimum Gasteiger partial charge on any atom is -0.480 e. The summed E-state index contributed by atoms with van der Waals surface area (Å²) in [5.74, 6) is -0.515. The lowest BCUT2D eigenvalue weighted by molar-refractivity contribution is -0.115. The minimum absolute atomic E-state index is 0.122. The number of anilines is 2. The van der Waals surface area contributed by atoms with Crippen molar-refractivity contribution in [2.75, 3.05) is 4.90 Å². The summed E-state index contributed by atoms with van der Waals surface area (Å²) in [5, 5.41) is 2.04. The molecule has 5 rings (SSSR count). The molecule has 0 fully saturated rings. The van der Waals surface area contributed by atoms with Crippen molar-refractivity contribution in [2.45, 2.75) is 13.0 Å². The molecule has 0 bridgehead atoms. The highest BCUT2D eigenvalue weighted by Crippen LogP contribution is 2.39. The van der Waals surface area contributed by atoms with E-state index in [1.54, 1.807) is 41.8 Å². The molecule has 168 valence electrons. The summed E-state index contributed by atoms with van der Waals surface area (Å²) in [7, 11) is 0. The fraction of sp³-hybridized carbons (Fsp3) is 0.0741. The van der Waals surface area contributed by atoms with Gasteiger partial charge in [-0.3, -0.25) is 14.5 Å². The maximum atomic E-state index is 14.4. The number of thiazole rings is 1. The average molecular weight is 471 g/mol. The molecular formula is C27H19FN2O3S. The first-order valence-corrected chi connectivity index (χ1v) is 11.5. The Bertz CT molecular complexity index is 1410. The SMILES string of the molecule is CC(=O)N(c1nc(/C=C2/C(=O)c3ccccc3OC2c2ccccc2)cs1)c1ccccc1F. The normalized spacial score (nSPS) is 16.1. The molecule has 1 unspecified atom stereocenters. The Labute approximate surface area is 199 Å². The van der Waals surface area contributed by atoms with Crippen molar-refractivity contribution in [3.8, 4) is 5.75 Å². The van der Waals surface area contributed by atoms with E-state index < -0.39 is 11.9 Å². The quantitative estimate of drug-likeness (QED) is 0.325. The zero-order valence-electron chi connectivity index (χ0n) is 18.1. The molecule has 7 heteroatoms. The average Bonchev–Trinajstić information content (AvgIpc) is 3.30. The highest BCUT2D eigenvalue weighted by atomic mass is 32.1. The van der Waals surface area contributed by atoms with Crippen molar-refractivity contribution in [3.63, 3.8) is 0 Å². The summed E-state index contributed by atoms with van der Waals surface area (Å²) in [4.78, 5) is 31.6. The van der Waals surface area contributed by atoms with Gasteiger partial charge in [0.05, 0.1) is 16.9 Å². The van der Waals surface area contributed by atoms with Gasteiger partial charge in [0, 0.05) is 17.9 Å². The molecule has 3 aromatic carbocycles. The Morgan fingerprint density at radius 3 is 2.50 bits per heavy atom. The molecule has 1 atom stereocenters. The first kappa shape index (κ1) is 21.7. The number of halogens is 1. The van der Waals surface area contributed by atoms with Gasteiger partial charge >= 0.3 is 0 Å². The van der Waals surface area contributed by atoms with Gasteiger partial charge in [-0.25, -0.2) is 9.37 Å². The third kappa shape index (κ3) is 4.02. The molecule has 5 nitrogen and oxygen atoms in total. The van der Waals surface area contributed by atoms with Crippen molar-refractivity contribution in [1.82, 2.24) is 4.98 Å². The molecule has 1 aliphatic rings. The van der Waals surface area contributed by atoms with Crippen molar-refractivity contribution in [1.29, 1.82) is 0 Å². The molecule has 0 saturated carbocycles. The van der Waals surface area contributed by atoms with Crippen LogP contribution >= 0.6 is 11.3 Å². The fourth-order valence-corrected chi connectivity index (χ4v) is 4.72. The summed E-state index contributed by atoms with van der Waals surface area (Å²) in [5.41, 5.74) is 2.35. The highest BCUT2D eigenvalue weighted by molar-refractivity contribution is 7.14. The van der Waals surface area contributed by atoms with Gasteiger partial charge in [0.15, 0.2) is 17.0 Å². The first-order chi connectivity index (χ1) is 16.5. The number of nitrogens with zero attached hydrogens (tertiary/aromatic N) is 2. The Morgan fingerprint density at radius 2 is 1.74 bits per heavy atom. The van der Waals surface area contributed by atoms with Gasteiger partial charge in [-0.15, -0.1) is 11.3 Å². The van der Waals surface area contributed by atoms with Gasteiger partial charge in [-0.1, -0.05) is 54.6 Å². The van der Waals surface area contributed by atoms with Gasteiger partial charge in [-0.2, -0.15) is 0 Å². The third-order valence-electron chi connectivity index (χ3n) is 5.44. The van der Waals surface area contributed by atoms with Crippen LogP contribution in [0.4, 0.5) is 15.2 Å². The van der Waals surface area contributed by atoms with Crippen LogP contribution in [0.25, 0.3) is 6.08 Å². The second-order valence-corrected chi connectivity index (χ2v) is 8.53. The van der Waals surface area contributed by atoms with Crippen LogP contribution in [0.5, 0.6) is 5.75 Å². The van der Waals surface area contributed by atoms with E-state index in [0.717, 1.165) is 5.56 Å². The number of fused-ring (bicyclic) bond motifs is 1. The highest BCUT2D eigenvalue weighted by Gasteiger charge is 2.33. The standard InChI is InChI=1S/C27H19FN2O3S/c1-17(31)30(23-13-7-6-12-22(23)28)27-29-19(16-34-27)15-21-25(32)20-11-5-8-14-24(20)33-26(21)18-9-3-2-4-10-18/h2-16,26H,1H3/b21-15-. The Balaban J connectivity index is 1.57. The van der Waals surface area contributed by atoms with Crippen LogP contribution in [0.1, 0.15) is 34.6 Å². The van der Waals surface area contributed by atoms with E-state index in [9.17, 15) is 14.0 Å². The number of hydrogen-bond donors (Lipinski definition) is 0. The van der Waals surface area contributed by atoms with E-state index in [2.05, 4.69) is 4.98 Å². The number of amides is 1. The van der Waals surface area contributed by atoms with Crippen molar-refractivity contribution < 1.29 is 18.7 Å². The summed E-state index contributed by atoms with van der Waals surface area (Å²) in [6, 6.07) is 22.7. The summed E-state index contributed by atoms with van der Waals surface area (Å²) in [6.07, 6.45) is 1.07. The van der Waals surface area contributed by atoms with E-state index in [1.165, 1.54) is 35.3 Å². The molecule has 4 aromatic rings. The van der Waals surface area contributed by atoms with Crippen LogP contribution in [0.15, 0.2) is 89.8 Å². The Kier molecular flexibility index (Phi) is 5.77. The second kappa shape index (κ2) is 9.03. The molecule has 0 saturated heterocycles. The van der Waals surface area contributed by atoms with Crippen LogP contribution < -0.4 is 9.64 Å². The zero-order valence-corrected chi connectivity index (χ0v) is 19.0. The molecule has 0 aliphatic carbocycles. The van der Waals surface area contributed by atoms with E-state index >= 15 is 0 Å². The van der Waals surface area contributed by atoms with Crippen LogP contribution in [0.2, 0.25) is 0 Å². The van der Waals surface area contributed by atoms with E-state index in [1.807, 2.05) is 36.4 Å². The van der Waals surface area contributed by atoms with Gasteiger partial charge in [0.1, 0.15) is 11.6 Å². The number of ketones is 1. The molecule has 0 spiro atoms. The van der Waals surface area contributed by atoms with Crippen LogP contribution in [-0.2, 0) is 4.79 Å². The monoisotopic (exact) mass is 470 g/mol. The van der Waals surface area contributed by atoms with E-state index in [0.29, 0.717) is 27.7 Å². The van der Waals surface area contributed by atoms with Crippen molar-refractivity contribution in [2.24, 2.45) is 0 Å². The number of aromatic nitrogens is 1. The lowest BCUT2D eigenvalue weighted by Gasteiger charge is -2.28. The predicted molar refractivity (Wildman–Crippen MR) is 130 cm³/mol. The minimum atomic E-state index is -0.607. The molecule has 0 radical (unpaired) electrons. The third-order valence-corrected chi connectivity index (χ3v) is 6.28. The molecule has 34 heavy (non-hydrogen) atoms. The van der Waals surface area contributed by atoms with Gasteiger partial charge in [0.25, 0.3) is 0 Å². The second-order valence-electron chi connectivity index (χ2n) is 7.69. The zero-order chi connectivity index (χ0) is 23.7. The number of hydrogen-bond acceptors (Lipinski definition) is 5. The van der Waals surface area contributed by atoms with E-state index in [-0.39, 0.29) is 17.4 Å². The Morgan fingerprint density at radius 1 is 1.03 bits per heavy atom. The number of benzene rings is 3. The summed E-state index contributed by atoms with van der Waals surface area (Å²) >= 11 is 1.19. The number of para-hydroxylation sites is 2. The van der Waals surface area contributed by atoms with Gasteiger partial charge in [-0.05, 0) is 35.9 Å². The van der Waals surface area contributed by atoms with Crippen molar-refractivity contribution >= 4 is 39.9 Å². The molecule has 2 heterocycles. The molecule has 1 amide bonds. The maximum Gasteiger partial charge on any atom is 0.230 e. The lowest BCUT2D eigenvalue weighted by atomic mass is 9.90. The topological polar surface area (TPSA) is 59.5 Å². The molecule has 1 aromatic heterocycles. The maximum absolute atomic E-state index is 14.4. The Hall–Kier alpha value is -4.10. The molecule has 0 N–H and O–H groups in total. The predicted octanol–water partition coefficient (Wildman–Crippen LogP) is 6.37. The van der Waals surface area contributed by atoms with E-state index in [4.69, 9.17) is 4.74 Å². The fourth-order valence-electron chi connectivity index (χ4n) is 3.88. The number of carbonyl (C=O) groups is 2. The smallest absolute Gasteiger partial charge is 0.230 e. The first-order valence-electron chi connectivity index (χ1n) is 10.6. The molecular weight excluding hydrogens is 451 g/mol. The number of ether oxygens (including phenoxy) is 1. The van der Waals surface area contributed by atoms with Crippen LogP contribution in [-0.4, -0.2) is 16.7 Å².